The smallest absolute Gasteiger partial charge is 0.261 e. The predicted molar refractivity (Wildman–Crippen MR) is 108 cm³/mol. The number of hydrogen-bond acceptors (Lipinski definition) is 4. The zero-order valence-corrected chi connectivity index (χ0v) is 15.2. The lowest BCUT2D eigenvalue weighted by Gasteiger charge is -2.16. The summed E-state index contributed by atoms with van der Waals surface area (Å²) in [6.45, 7) is 0.270. The lowest BCUT2D eigenvalue weighted by molar-refractivity contribution is 0.0629. The highest BCUT2D eigenvalue weighted by molar-refractivity contribution is 7.80. The molecule has 0 saturated heterocycles. The number of anilines is 1. The third-order valence-corrected chi connectivity index (χ3v) is 4.67. The third-order valence-electron chi connectivity index (χ3n) is 4.45. The van der Waals surface area contributed by atoms with E-state index in [2.05, 4.69) is 5.32 Å². The van der Waals surface area contributed by atoms with E-state index in [0.29, 0.717) is 11.1 Å². The molecule has 0 bridgehead atoms. The molecule has 3 aromatic rings. The fourth-order valence-electron chi connectivity index (χ4n) is 3.15. The molecule has 0 atom stereocenters. The Bertz CT molecular complexity index is 1020. The largest absolute Gasteiger partial charge is 0.469 e. The Kier molecular flexibility index (Phi) is 4.56. The molecule has 1 aliphatic heterocycles. The minimum absolute atomic E-state index is 0.127. The summed E-state index contributed by atoms with van der Waals surface area (Å²) < 4.78 is 5.53. The summed E-state index contributed by atoms with van der Waals surface area (Å²) in [7, 11) is 0. The van der Waals surface area contributed by atoms with Gasteiger partial charge in [-0.25, -0.2) is 0 Å². The molecule has 1 N–H and O–H groups in total. The van der Waals surface area contributed by atoms with E-state index in [1.54, 1.807) is 24.3 Å². The van der Waals surface area contributed by atoms with Crippen LogP contribution in [0.15, 0.2) is 66.7 Å². The average molecular weight is 376 g/mol. The van der Waals surface area contributed by atoms with Gasteiger partial charge in [0.25, 0.3) is 17.0 Å². The summed E-state index contributed by atoms with van der Waals surface area (Å²) in [6, 6.07) is 20.6. The van der Waals surface area contributed by atoms with Crippen molar-refractivity contribution in [3.05, 3.63) is 77.9 Å². The van der Waals surface area contributed by atoms with Gasteiger partial charge in [0, 0.05) is 11.1 Å². The zero-order valence-electron chi connectivity index (χ0n) is 14.3. The van der Waals surface area contributed by atoms with Crippen molar-refractivity contribution >= 4 is 45.7 Å². The molecule has 0 radical (unpaired) electrons. The second kappa shape index (κ2) is 7.17. The Balaban J connectivity index is 1.37. The first-order valence-corrected chi connectivity index (χ1v) is 8.93. The van der Waals surface area contributed by atoms with Crippen molar-refractivity contribution < 1.29 is 14.3 Å². The van der Waals surface area contributed by atoms with Crippen LogP contribution in [0.1, 0.15) is 20.7 Å². The number of hydrogen-bond donors (Lipinski definition) is 1. The van der Waals surface area contributed by atoms with E-state index in [-0.39, 0.29) is 30.1 Å². The first kappa shape index (κ1) is 17.2. The fourth-order valence-corrected chi connectivity index (χ4v) is 3.35. The van der Waals surface area contributed by atoms with Crippen LogP contribution >= 0.6 is 12.2 Å². The first-order chi connectivity index (χ1) is 13.1. The van der Waals surface area contributed by atoms with Crippen LogP contribution in [0.25, 0.3) is 10.8 Å². The number of imide groups is 1. The SMILES string of the molecule is O=C1c2ccccc2C(=O)N1CCOC(=S)Nc1cccc2ccccc12. The van der Waals surface area contributed by atoms with Crippen LogP contribution in [0.4, 0.5) is 5.69 Å². The predicted octanol–water partition coefficient (Wildman–Crippen LogP) is 3.85. The van der Waals surface area contributed by atoms with Crippen molar-refractivity contribution in [1.29, 1.82) is 0 Å². The molecule has 1 aliphatic rings. The molecule has 0 spiro atoms. The van der Waals surface area contributed by atoms with Crippen LogP contribution < -0.4 is 5.32 Å². The van der Waals surface area contributed by atoms with Crippen LogP contribution in [-0.2, 0) is 4.74 Å². The molecule has 3 aromatic carbocycles. The number of amides is 2. The normalized spacial score (nSPS) is 13.0. The number of nitrogens with zero attached hydrogens (tertiary/aromatic N) is 1. The number of carbonyl (C=O) groups excluding carboxylic acids is 2. The maximum absolute atomic E-state index is 12.3. The van der Waals surface area contributed by atoms with Crippen LogP contribution in [0.2, 0.25) is 0 Å². The highest BCUT2D eigenvalue weighted by Crippen LogP contribution is 2.24. The van der Waals surface area contributed by atoms with E-state index in [4.69, 9.17) is 17.0 Å². The molecule has 2 amide bonds. The zero-order chi connectivity index (χ0) is 18.8. The van der Waals surface area contributed by atoms with E-state index in [9.17, 15) is 9.59 Å². The minimum Gasteiger partial charge on any atom is -0.469 e. The Labute approximate surface area is 161 Å². The van der Waals surface area contributed by atoms with Crippen molar-refractivity contribution in [3.63, 3.8) is 0 Å². The molecule has 4 rings (SSSR count). The summed E-state index contributed by atoms with van der Waals surface area (Å²) in [5, 5.41) is 5.40. The lowest BCUT2D eigenvalue weighted by Crippen LogP contribution is -2.33. The van der Waals surface area contributed by atoms with E-state index >= 15 is 0 Å². The number of carbonyl (C=O) groups is 2. The van der Waals surface area contributed by atoms with Crippen molar-refractivity contribution in [2.45, 2.75) is 0 Å². The number of nitrogens with one attached hydrogen (secondary N) is 1. The molecule has 0 aromatic heterocycles. The molecule has 6 heteroatoms. The van der Waals surface area contributed by atoms with Gasteiger partial charge in [0.15, 0.2) is 0 Å². The van der Waals surface area contributed by atoms with E-state index in [1.165, 1.54) is 4.90 Å². The van der Waals surface area contributed by atoms with Crippen molar-refractivity contribution in [2.24, 2.45) is 0 Å². The number of thiocarbonyl (C=S) groups is 1. The maximum atomic E-state index is 12.3. The number of ether oxygens (including phenoxy) is 1. The third kappa shape index (κ3) is 3.27. The van der Waals surface area contributed by atoms with E-state index in [0.717, 1.165) is 16.5 Å². The monoisotopic (exact) mass is 376 g/mol. The first-order valence-electron chi connectivity index (χ1n) is 8.52. The van der Waals surface area contributed by atoms with Gasteiger partial charge in [-0.3, -0.25) is 14.5 Å². The van der Waals surface area contributed by atoms with Crippen molar-refractivity contribution in [3.8, 4) is 0 Å². The van der Waals surface area contributed by atoms with Crippen LogP contribution in [0.5, 0.6) is 0 Å². The number of benzene rings is 3. The highest BCUT2D eigenvalue weighted by atomic mass is 32.1. The van der Waals surface area contributed by atoms with E-state index < -0.39 is 0 Å². The number of rotatable bonds is 4. The molecule has 5 nitrogen and oxygen atoms in total. The van der Waals surface area contributed by atoms with Crippen LogP contribution in [-0.4, -0.2) is 35.0 Å². The highest BCUT2D eigenvalue weighted by Gasteiger charge is 2.34. The molecule has 1 heterocycles. The van der Waals surface area contributed by atoms with Crippen molar-refractivity contribution in [2.75, 3.05) is 18.5 Å². The molecule has 134 valence electrons. The second-order valence-electron chi connectivity index (χ2n) is 6.10. The minimum atomic E-state index is -0.299. The average Bonchev–Trinajstić information content (AvgIpc) is 2.93. The number of fused-ring (bicyclic) bond motifs is 2. The summed E-state index contributed by atoms with van der Waals surface area (Å²) in [5.74, 6) is -0.598. The summed E-state index contributed by atoms with van der Waals surface area (Å²) in [6.07, 6.45) is 0. The quantitative estimate of drug-likeness (QED) is 0.554. The van der Waals surface area contributed by atoms with Gasteiger partial charge in [0.2, 0.25) is 0 Å². The standard InChI is InChI=1S/C21H16N2O3S/c24-19-16-9-3-4-10-17(16)20(25)23(19)12-13-26-21(27)22-18-11-5-7-14-6-1-2-8-15(14)18/h1-11H,12-13H2,(H,22,27). The van der Waals surface area contributed by atoms with Gasteiger partial charge in [-0.15, -0.1) is 0 Å². The Morgan fingerprint density at radius 1 is 0.889 bits per heavy atom. The van der Waals surface area contributed by atoms with Crippen LogP contribution in [0, 0.1) is 0 Å². The summed E-state index contributed by atoms with van der Waals surface area (Å²) >= 11 is 5.25. The lowest BCUT2D eigenvalue weighted by atomic mass is 10.1. The van der Waals surface area contributed by atoms with E-state index in [1.807, 2.05) is 42.5 Å². The fraction of sp³-hybridized carbons (Fsp3) is 0.0952. The van der Waals surface area contributed by atoms with Gasteiger partial charge in [0.05, 0.1) is 17.7 Å². The van der Waals surface area contributed by atoms with Gasteiger partial charge < -0.3 is 10.1 Å². The molecule has 0 fully saturated rings. The Hall–Kier alpha value is -3.25. The molecule has 27 heavy (non-hydrogen) atoms. The summed E-state index contributed by atoms with van der Waals surface area (Å²) in [5.41, 5.74) is 1.71. The van der Waals surface area contributed by atoms with Crippen molar-refractivity contribution in [1.82, 2.24) is 4.90 Å². The molecule has 0 unspecified atom stereocenters. The molecular weight excluding hydrogens is 360 g/mol. The molecular formula is C21H16N2O3S. The van der Waals surface area contributed by atoms with Crippen LogP contribution in [0.3, 0.4) is 0 Å². The van der Waals surface area contributed by atoms with Gasteiger partial charge in [-0.2, -0.15) is 0 Å². The van der Waals surface area contributed by atoms with Gasteiger partial charge in [-0.05, 0) is 35.8 Å². The summed E-state index contributed by atoms with van der Waals surface area (Å²) in [4.78, 5) is 25.8. The Morgan fingerprint density at radius 3 is 2.26 bits per heavy atom. The topological polar surface area (TPSA) is 58.6 Å². The molecule has 0 aliphatic carbocycles. The maximum Gasteiger partial charge on any atom is 0.261 e. The Morgan fingerprint density at radius 2 is 1.52 bits per heavy atom. The van der Waals surface area contributed by atoms with Gasteiger partial charge in [-0.1, -0.05) is 48.5 Å². The second-order valence-corrected chi connectivity index (χ2v) is 6.47. The molecule has 0 saturated carbocycles. The van der Waals surface area contributed by atoms with Gasteiger partial charge in [0.1, 0.15) is 6.61 Å². The van der Waals surface area contributed by atoms with Gasteiger partial charge >= 0.3 is 0 Å².